The molecule has 3 rings (SSSR count). The van der Waals surface area contributed by atoms with Gasteiger partial charge in [-0.2, -0.15) is 0 Å². The lowest BCUT2D eigenvalue weighted by Gasteiger charge is -2.05. The summed E-state index contributed by atoms with van der Waals surface area (Å²) in [7, 11) is 0. The van der Waals surface area contributed by atoms with Crippen LogP contribution in [0.1, 0.15) is 11.1 Å². The fourth-order valence-electron chi connectivity index (χ4n) is 1.95. The number of rotatable bonds is 2. The first kappa shape index (κ1) is 9.91. The second-order valence-electron chi connectivity index (χ2n) is 4.02. The molecule has 0 aliphatic carbocycles. The first-order chi connectivity index (χ1) is 8.34. The summed E-state index contributed by atoms with van der Waals surface area (Å²) >= 11 is 0. The van der Waals surface area contributed by atoms with Crippen LogP contribution in [0.5, 0.6) is 0 Å². The lowest BCUT2D eigenvalue weighted by atomic mass is 9.99. The van der Waals surface area contributed by atoms with Gasteiger partial charge in [-0.05, 0) is 28.8 Å². The molecule has 0 radical (unpaired) electrons. The second-order valence-corrected chi connectivity index (χ2v) is 4.02. The van der Waals surface area contributed by atoms with E-state index in [-0.39, 0.29) is 0 Å². The molecular formula is C16H12O. The summed E-state index contributed by atoms with van der Waals surface area (Å²) < 4.78 is 5.40. The Kier molecular flexibility index (Phi) is 2.30. The molecule has 2 aromatic carbocycles. The van der Waals surface area contributed by atoms with E-state index in [2.05, 4.69) is 30.8 Å². The Bertz CT molecular complexity index is 662. The SMILES string of the molecule is C=C(c1ccccc1)c1ccc2ccoc2c1. The summed E-state index contributed by atoms with van der Waals surface area (Å²) in [5, 5.41) is 1.12. The van der Waals surface area contributed by atoms with Crippen molar-refractivity contribution in [2.24, 2.45) is 0 Å². The Labute approximate surface area is 100 Å². The van der Waals surface area contributed by atoms with Gasteiger partial charge >= 0.3 is 0 Å². The predicted octanol–water partition coefficient (Wildman–Crippen LogP) is 4.49. The molecule has 1 aromatic heterocycles. The van der Waals surface area contributed by atoms with Crippen molar-refractivity contribution in [2.45, 2.75) is 0 Å². The quantitative estimate of drug-likeness (QED) is 0.620. The average Bonchev–Trinajstić information content (AvgIpc) is 2.86. The third-order valence-electron chi connectivity index (χ3n) is 2.93. The average molecular weight is 220 g/mol. The van der Waals surface area contributed by atoms with Gasteiger partial charge < -0.3 is 4.42 Å². The van der Waals surface area contributed by atoms with Crippen LogP contribution in [0.25, 0.3) is 16.5 Å². The lowest BCUT2D eigenvalue weighted by molar-refractivity contribution is 0.616. The zero-order chi connectivity index (χ0) is 11.7. The lowest BCUT2D eigenvalue weighted by Crippen LogP contribution is -1.85. The van der Waals surface area contributed by atoms with Gasteiger partial charge in [0.2, 0.25) is 0 Å². The Morgan fingerprint density at radius 3 is 2.53 bits per heavy atom. The van der Waals surface area contributed by atoms with Crippen LogP contribution in [0.15, 0.2) is 71.9 Å². The molecule has 0 amide bonds. The molecule has 0 unspecified atom stereocenters. The smallest absolute Gasteiger partial charge is 0.134 e. The van der Waals surface area contributed by atoms with Crippen molar-refractivity contribution in [1.29, 1.82) is 0 Å². The summed E-state index contributed by atoms with van der Waals surface area (Å²) in [6.07, 6.45) is 1.71. The first-order valence-electron chi connectivity index (χ1n) is 5.56. The number of fused-ring (bicyclic) bond motifs is 1. The molecule has 1 nitrogen and oxygen atoms in total. The van der Waals surface area contributed by atoms with Gasteiger partial charge in [0.1, 0.15) is 5.58 Å². The fraction of sp³-hybridized carbons (Fsp3) is 0. The number of hydrogen-bond donors (Lipinski definition) is 0. The van der Waals surface area contributed by atoms with Crippen LogP contribution < -0.4 is 0 Å². The third kappa shape index (κ3) is 1.76. The van der Waals surface area contributed by atoms with Crippen LogP contribution in [-0.4, -0.2) is 0 Å². The topological polar surface area (TPSA) is 13.1 Å². The summed E-state index contributed by atoms with van der Waals surface area (Å²) in [5.41, 5.74) is 4.15. The van der Waals surface area contributed by atoms with E-state index in [4.69, 9.17) is 4.42 Å². The number of hydrogen-bond acceptors (Lipinski definition) is 1. The van der Waals surface area contributed by atoms with Gasteiger partial charge in [-0.25, -0.2) is 0 Å². The fourth-order valence-corrected chi connectivity index (χ4v) is 1.95. The highest BCUT2D eigenvalue weighted by Gasteiger charge is 2.04. The maximum absolute atomic E-state index is 5.40. The second kappa shape index (κ2) is 3.95. The van der Waals surface area contributed by atoms with E-state index in [1.807, 2.05) is 30.3 Å². The van der Waals surface area contributed by atoms with Gasteiger partial charge in [0.05, 0.1) is 6.26 Å². The van der Waals surface area contributed by atoms with Gasteiger partial charge in [-0.3, -0.25) is 0 Å². The minimum absolute atomic E-state index is 0.902. The van der Waals surface area contributed by atoms with Crippen LogP contribution in [0.3, 0.4) is 0 Å². The van der Waals surface area contributed by atoms with Crippen molar-refractivity contribution in [3.8, 4) is 0 Å². The van der Waals surface area contributed by atoms with Gasteiger partial charge in [0.15, 0.2) is 0 Å². The molecule has 0 aliphatic rings. The first-order valence-corrected chi connectivity index (χ1v) is 5.56. The molecular weight excluding hydrogens is 208 g/mol. The molecule has 0 saturated heterocycles. The van der Waals surface area contributed by atoms with Crippen LogP contribution in [0, 0.1) is 0 Å². The maximum atomic E-state index is 5.40. The molecule has 0 bridgehead atoms. The minimum atomic E-state index is 0.902. The molecule has 0 N–H and O–H groups in total. The third-order valence-corrected chi connectivity index (χ3v) is 2.93. The molecule has 82 valence electrons. The standard InChI is InChI=1S/C16H12O/c1-12(13-5-3-2-4-6-13)15-8-7-14-9-10-17-16(14)11-15/h2-11H,1H2. The number of benzene rings is 2. The van der Waals surface area contributed by atoms with E-state index in [1.54, 1.807) is 6.26 Å². The van der Waals surface area contributed by atoms with E-state index in [0.717, 1.165) is 27.7 Å². The summed E-state index contributed by atoms with van der Waals surface area (Å²) in [6, 6.07) is 18.3. The highest BCUT2D eigenvalue weighted by Crippen LogP contribution is 2.25. The molecule has 1 heteroatoms. The molecule has 3 aromatic rings. The number of furan rings is 1. The monoisotopic (exact) mass is 220 g/mol. The minimum Gasteiger partial charge on any atom is -0.464 e. The van der Waals surface area contributed by atoms with Crippen molar-refractivity contribution in [3.05, 3.63) is 78.6 Å². The van der Waals surface area contributed by atoms with E-state index in [9.17, 15) is 0 Å². The van der Waals surface area contributed by atoms with Crippen molar-refractivity contribution in [1.82, 2.24) is 0 Å². The zero-order valence-electron chi connectivity index (χ0n) is 9.39. The van der Waals surface area contributed by atoms with E-state index in [0.29, 0.717) is 0 Å². The molecule has 0 fully saturated rings. The summed E-state index contributed by atoms with van der Waals surface area (Å²) in [4.78, 5) is 0. The molecule has 17 heavy (non-hydrogen) atoms. The summed E-state index contributed by atoms with van der Waals surface area (Å²) in [5.74, 6) is 0. The summed E-state index contributed by atoms with van der Waals surface area (Å²) in [6.45, 7) is 4.14. The van der Waals surface area contributed by atoms with E-state index in [1.165, 1.54) is 0 Å². The Morgan fingerprint density at radius 2 is 1.71 bits per heavy atom. The zero-order valence-corrected chi connectivity index (χ0v) is 9.39. The normalized spacial score (nSPS) is 10.6. The van der Waals surface area contributed by atoms with Crippen LogP contribution in [-0.2, 0) is 0 Å². The molecule has 0 spiro atoms. The van der Waals surface area contributed by atoms with Crippen LogP contribution in [0.4, 0.5) is 0 Å². The van der Waals surface area contributed by atoms with Crippen molar-refractivity contribution >= 4 is 16.5 Å². The van der Waals surface area contributed by atoms with Crippen molar-refractivity contribution in [3.63, 3.8) is 0 Å². The van der Waals surface area contributed by atoms with Gasteiger partial charge in [-0.1, -0.05) is 49.0 Å². The molecule has 0 saturated carbocycles. The van der Waals surface area contributed by atoms with Crippen molar-refractivity contribution < 1.29 is 4.42 Å². The molecule has 1 heterocycles. The van der Waals surface area contributed by atoms with Crippen LogP contribution in [0.2, 0.25) is 0 Å². The Balaban J connectivity index is 2.06. The highest BCUT2D eigenvalue weighted by molar-refractivity contribution is 5.85. The molecule has 0 atom stereocenters. The van der Waals surface area contributed by atoms with E-state index >= 15 is 0 Å². The van der Waals surface area contributed by atoms with Gasteiger partial charge in [-0.15, -0.1) is 0 Å². The molecule has 0 aliphatic heterocycles. The van der Waals surface area contributed by atoms with Gasteiger partial charge in [0.25, 0.3) is 0 Å². The largest absolute Gasteiger partial charge is 0.464 e. The van der Waals surface area contributed by atoms with Crippen molar-refractivity contribution in [2.75, 3.05) is 0 Å². The predicted molar refractivity (Wildman–Crippen MR) is 70.8 cm³/mol. The highest BCUT2D eigenvalue weighted by atomic mass is 16.3. The van der Waals surface area contributed by atoms with E-state index < -0.39 is 0 Å². The van der Waals surface area contributed by atoms with Crippen LogP contribution >= 0.6 is 0 Å². The van der Waals surface area contributed by atoms with Gasteiger partial charge in [0, 0.05) is 5.39 Å². The Morgan fingerprint density at radius 1 is 0.882 bits per heavy atom. The Hall–Kier alpha value is -2.28. The maximum Gasteiger partial charge on any atom is 0.134 e.